The third kappa shape index (κ3) is 4.05. The van der Waals surface area contributed by atoms with Gasteiger partial charge in [0.15, 0.2) is 17.3 Å². The van der Waals surface area contributed by atoms with Crippen LogP contribution in [0.2, 0.25) is 5.02 Å². The Balaban J connectivity index is 1.33. The normalized spacial score (nSPS) is 18.6. The summed E-state index contributed by atoms with van der Waals surface area (Å²) in [5.41, 5.74) is 1.14. The van der Waals surface area contributed by atoms with Crippen molar-refractivity contribution < 1.29 is 14.3 Å². The topological polar surface area (TPSA) is 76.6 Å². The second-order valence-electron chi connectivity index (χ2n) is 6.65. The van der Waals surface area contributed by atoms with Crippen LogP contribution in [0.15, 0.2) is 36.4 Å². The minimum absolute atomic E-state index is 0.278. The summed E-state index contributed by atoms with van der Waals surface area (Å²) in [4.78, 5) is 14.4. The molecule has 142 valence electrons. The van der Waals surface area contributed by atoms with Crippen molar-refractivity contribution >= 4 is 23.3 Å². The maximum absolute atomic E-state index is 12.3. The van der Waals surface area contributed by atoms with Gasteiger partial charge in [0.1, 0.15) is 0 Å². The van der Waals surface area contributed by atoms with Gasteiger partial charge in [0.25, 0.3) is 5.91 Å². The first-order chi connectivity index (χ1) is 13.2. The van der Waals surface area contributed by atoms with E-state index in [1.165, 1.54) is 0 Å². The van der Waals surface area contributed by atoms with Gasteiger partial charge < -0.3 is 19.7 Å². The van der Waals surface area contributed by atoms with Crippen LogP contribution >= 0.6 is 11.6 Å². The summed E-state index contributed by atoms with van der Waals surface area (Å²) in [5, 5.41) is 11.7. The number of carbonyl (C=O) groups is 1. The lowest BCUT2D eigenvalue weighted by molar-refractivity contribution is -0.169. The number of rotatable bonds is 4. The van der Waals surface area contributed by atoms with Crippen molar-refractivity contribution in [1.82, 2.24) is 15.5 Å². The van der Waals surface area contributed by atoms with Crippen LogP contribution in [0.25, 0.3) is 0 Å². The molecule has 1 N–H and O–H groups in total. The molecule has 0 saturated carbocycles. The Morgan fingerprint density at radius 1 is 1.11 bits per heavy atom. The number of nitrogens with one attached hydrogen (secondary N) is 1. The molecule has 27 heavy (non-hydrogen) atoms. The van der Waals surface area contributed by atoms with Crippen LogP contribution < -0.4 is 10.2 Å². The molecule has 0 atom stereocenters. The largest absolute Gasteiger partial charge is 0.355 e. The zero-order valence-corrected chi connectivity index (χ0v) is 15.6. The molecule has 0 radical (unpaired) electrons. The number of ether oxygens (including phenoxy) is 2. The van der Waals surface area contributed by atoms with Gasteiger partial charge in [-0.15, -0.1) is 10.2 Å². The van der Waals surface area contributed by atoms with E-state index in [0.29, 0.717) is 24.8 Å². The molecule has 3 heterocycles. The Hall–Kier alpha value is -2.22. The Labute approximate surface area is 162 Å². The van der Waals surface area contributed by atoms with Crippen LogP contribution in [0.1, 0.15) is 28.9 Å². The first-order valence-electron chi connectivity index (χ1n) is 9.03. The summed E-state index contributed by atoms with van der Waals surface area (Å²) >= 11 is 6.10. The van der Waals surface area contributed by atoms with Crippen molar-refractivity contribution in [2.45, 2.75) is 25.2 Å². The van der Waals surface area contributed by atoms with Gasteiger partial charge in [-0.25, -0.2) is 0 Å². The molecule has 1 spiro atoms. The molecule has 2 saturated heterocycles. The van der Waals surface area contributed by atoms with Crippen molar-refractivity contribution in [3.05, 3.63) is 52.7 Å². The average Bonchev–Trinajstić information content (AvgIpc) is 3.16. The van der Waals surface area contributed by atoms with Crippen LogP contribution in [-0.4, -0.2) is 48.2 Å². The molecule has 1 aromatic carbocycles. The Morgan fingerprint density at radius 3 is 2.52 bits per heavy atom. The van der Waals surface area contributed by atoms with Gasteiger partial charge in [-0.3, -0.25) is 4.79 Å². The standard InChI is InChI=1S/C19H21ClN4O3/c20-15-4-2-1-3-14(15)13-21-18(25)16-5-6-17(23-22-16)24-9-7-19(8-10-24)26-11-12-27-19/h1-6H,7-13H2,(H,21,25). The van der Waals surface area contributed by atoms with Gasteiger partial charge in [-0.1, -0.05) is 29.8 Å². The molecule has 2 aliphatic heterocycles. The third-order valence-electron chi connectivity index (χ3n) is 4.94. The molecule has 2 aromatic rings. The summed E-state index contributed by atoms with van der Waals surface area (Å²) in [6.07, 6.45) is 1.60. The molecule has 7 nitrogen and oxygen atoms in total. The van der Waals surface area contributed by atoms with Crippen molar-refractivity contribution in [3.8, 4) is 0 Å². The van der Waals surface area contributed by atoms with E-state index in [9.17, 15) is 4.79 Å². The second-order valence-corrected chi connectivity index (χ2v) is 7.05. The highest BCUT2D eigenvalue weighted by Gasteiger charge is 2.40. The summed E-state index contributed by atoms with van der Waals surface area (Å²) in [7, 11) is 0. The molecule has 0 unspecified atom stereocenters. The maximum atomic E-state index is 12.3. The number of anilines is 1. The molecule has 0 aliphatic carbocycles. The Kier molecular flexibility index (Phi) is 5.24. The van der Waals surface area contributed by atoms with Gasteiger partial charge in [0.05, 0.1) is 13.2 Å². The highest BCUT2D eigenvalue weighted by molar-refractivity contribution is 6.31. The zero-order chi connectivity index (χ0) is 18.7. The molecule has 4 rings (SSSR count). The Morgan fingerprint density at radius 2 is 1.85 bits per heavy atom. The van der Waals surface area contributed by atoms with E-state index >= 15 is 0 Å². The highest BCUT2D eigenvalue weighted by Crippen LogP contribution is 2.32. The van der Waals surface area contributed by atoms with Gasteiger partial charge in [-0.2, -0.15) is 0 Å². The average molecular weight is 389 g/mol. The van der Waals surface area contributed by atoms with E-state index in [4.69, 9.17) is 21.1 Å². The van der Waals surface area contributed by atoms with E-state index < -0.39 is 5.79 Å². The smallest absolute Gasteiger partial charge is 0.272 e. The first kappa shape index (κ1) is 18.2. The lowest BCUT2D eigenvalue weighted by Gasteiger charge is -2.37. The molecule has 2 aliphatic rings. The molecular formula is C19H21ClN4O3. The molecule has 1 amide bonds. The van der Waals surface area contributed by atoms with Gasteiger partial charge in [0, 0.05) is 37.5 Å². The quantitative estimate of drug-likeness (QED) is 0.866. The first-order valence-corrected chi connectivity index (χ1v) is 9.41. The van der Waals surface area contributed by atoms with Crippen LogP contribution in [-0.2, 0) is 16.0 Å². The van der Waals surface area contributed by atoms with E-state index in [2.05, 4.69) is 20.4 Å². The van der Waals surface area contributed by atoms with Crippen molar-refractivity contribution in [2.75, 3.05) is 31.2 Å². The number of piperidine rings is 1. The van der Waals surface area contributed by atoms with Crippen molar-refractivity contribution in [3.63, 3.8) is 0 Å². The fourth-order valence-corrected chi connectivity index (χ4v) is 3.59. The fraction of sp³-hybridized carbons (Fsp3) is 0.421. The SMILES string of the molecule is O=C(NCc1ccccc1Cl)c1ccc(N2CCC3(CC2)OCCO3)nn1. The second kappa shape index (κ2) is 7.80. The van der Waals surface area contributed by atoms with Crippen LogP contribution in [0.5, 0.6) is 0 Å². The predicted molar refractivity (Wildman–Crippen MR) is 101 cm³/mol. The fourth-order valence-electron chi connectivity index (χ4n) is 3.39. The maximum Gasteiger partial charge on any atom is 0.272 e. The highest BCUT2D eigenvalue weighted by atomic mass is 35.5. The lowest BCUT2D eigenvalue weighted by atomic mass is 10.0. The Bertz CT molecular complexity index is 799. The number of benzene rings is 1. The van der Waals surface area contributed by atoms with Gasteiger partial charge in [0.2, 0.25) is 0 Å². The summed E-state index contributed by atoms with van der Waals surface area (Å²) in [6.45, 7) is 3.24. The number of halogens is 1. The van der Waals surface area contributed by atoms with E-state index in [1.54, 1.807) is 12.1 Å². The number of carbonyl (C=O) groups excluding carboxylic acids is 1. The summed E-state index contributed by atoms with van der Waals surface area (Å²) < 4.78 is 11.5. The van der Waals surface area contributed by atoms with E-state index in [0.717, 1.165) is 37.3 Å². The van der Waals surface area contributed by atoms with Crippen molar-refractivity contribution in [1.29, 1.82) is 0 Å². The number of aromatic nitrogens is 2. The predicted octanol–water partition coefficient (Wildman–Crippen LogP) is 2.40. The molecule has 0 bridgehead atoms. The summed E-state index contributed by atoms with van der Waals surface area (Å²) in [6, 6.07) is 10.9. The minimum Gasteiger partial charge on any atom is -0.355 e. The molecule has 1 aromatic heterocycles. The van der Waals surface area contributed by atoms with Crippen molar-refractivity contribution in [2.24, 2.45) is 0 Å². The van der Waals surface area contributed by atoms with Gasteiger partial charge >= 0.3 is 0 Å². The number of nitrogens with zero attached hydrogens (tertiary/aromatic N) is 3. The van der Waals surface area contributed by atoms with E-state index in [-0.39, 0.29) is 11.6 Å². The van der Waals surface area contributed by atoms with Gasteiger partial charge in [-0.05, 0) is 23.8 Å². The lowest BCUT2D eigenvalue weighted by Crippen LogP contribution is -2.45. The minimum atomic E-state index is -0.414. The molecular weight excluding hydrogens is 368 g/mol. The molecule has 2 fully saturated rings. The van der Waals surface area contributed by atoms with Crippen LogP contribution in [0.4, 0.5) is 5.82 Å². The van der Waals surface area contributed by atoms with Crippen LogP contribution in [0, 0.1) is 0 Å². The third-order valence-corrected chi connectivity index (χ3v) is 5.31. The number of amides is 1. The van der Waals surface area contributed by atoms with Crippen LogP contribution in [0.3, 0.4) is 0 Å². The molecule has 8 heteroatoms. The van der Waals surface area contributed by atoms with E-state index in [1.807, 2.05) is 24.3 Å². The number of hydrogen-bond donors (Lipinski definition) is 1. The number of hydrogen-bond acceptors (Lipinski definition) is 6. The zero-order valence-electron chi connectivity index (χ0n) is 14.9. The summed E-state index contributed by atoms with van der Waals surface area (Å²) in [5.74, 6) is 0.0625. The monoisotopic (exact) mass is 388 g/mol.